The van der Waals surface area contributed by atoms with Crippen molar-refractivity contribution >= 4 is 65.2 Å². The van der Waals surface area contributed by atoms with Crippen molar-refractivity contribution < 1.29 is 18.7 Å². The largest absolute Gasteiger partial charge is 0.395 e. The average molecular weight is 837 g/mol. The molecule has 0 saturated carbocycles. The number of ether oxygens (including phenoxy) is 1. The number of anilines is 1. The Labute approximate surface area is 285 Å². The summed E-state index contributed by atoms with van der Waals surface area (Å²) in [7, 11) is -3.29. The van der Waals surface area contributed by atoms with Crippen LogP contribution in [-0.4, -0.2) is 47.1 Å². The van der Waals surface area contributed by atoms with Crippen molar-refractivity contribution in [3.8, 4) is 0 Å². The number of rotatable bonds is 9. The normalized spacial score (nSPS) is 23.8. The quantitative estimate of drug-likeness (QED) is 0.111. The zero-order chi connectivity index (χ0) is 31.2. The molecule has 6 rings (SSSR count). The number of hydrogen-bond donors (Lipinski definition) is 1. The van der Waals surface area contributed by atoms with Crippen LogP contribution in [-0.2, 0) is 28.2 Å². The Kier molecular flexibility index (Phi) is 9.05. The number of aliphatic hydroxyl groups is 1. The third-order valence-corrected chi connectivity index (χ3v) is 12.9. The van der Waals surface area contributed by atoms with Crippen molar-refractivity contribution in [2.45, 2.75) is 62.7 Å². The van der Waals surface area contributed by atoms with E-state index in [2.05, 4.69) is 61.6 Å². The highest BCUT2D eigenvalue weighted by molar-refractivity contribution is 14.1. The number of carbonyl (C=O) groups excluding carboxylic acids is 1. The molecule has 1 N–H and O–H groups in total. The second kappa shape index (κ2) is 12.5. The summed E-state index contributed by atoms with van der Waals surface area (Å²) in [6, 6.07) is 23.9. The van der Waals surface area contributed by atoms with Gasteiger partial charge in [0.2, 0.25) is 8.41 Å². The number of aryl methyl sites for hydroxylation is 1. The lowest BCUT2D eigenvalue weighted by Gasteiger charge is -2.31. The van der Waals surface area contributed by atoms with Gasteiger partial charge in [0.25, 0.3) is 5.91 Å². The van der Waals surface area contributed by atoms with Crippen molar-refractivity contribution in [3.05, 3.63) is 109 Å². The SMILES string of the molecule is C[C@H]1[C@H]([Si](C)(C)F)[C@@H](CCn2cc(C(CO)c3ccccc3)nn2)O[C@]12C(=O)N(Cc1cccc(I)c1)c1ccc(I)cc12. The molecule has 1 spiro atoms. The summed E-state index contributed by atoms with van der Waals surface area (Å²) in [4.78, 5) is 16.4. The van der Waals surface area contributed by atoms with Gasteiger partial charge in [-0.25, -0.2) is 0 Å². The zero-order valence-electron chi connectivity index (χ0n) is 24.8. The molecule has 11 heteroatoms. The molecule has 230 valence electrons. The number of halogens is 3. The molecular formula is C33H35FI2N4O3Si. The summed E-state index contributed by atoms with van der Waals surface area (Å²) in [5.41, 5.74) is 2.67. The molecule has 4 aromatic rings. The molecule has 1 saturated heterocycles. The molecule has 1 amide bonds. The Morgan fingerprint density at radius 1 is 1.07 bits per heavy atom. The fourth-order valence-electron chi connectivity index (χ4n) is 7.16. The van der Waals surface area contributed by atoms with Gasteiger partial charge < -0.3 is 18.9 Å². The van der Waals surface area contributed by atoms with E-state index in [4.69, 9.17) is 4.74 Å². The number of hydrogen-bond acceptors (Lipinski definition) is 5. The number of fused-ring (bicyclic) bond motifs is 2. The minimum atomic E-state index is -3.29. The lowest BCUT2D eigenvalue weighted by Crippen LogP contribution is -2.45. The van der Waals surface area contributed by atoms with Crippen LogP contribution in [0.2, 0.25) is 18.6 Å². The first-order chi connectivity index (χ1) is 21.0. The van der Waals surface area contributed by atoms with E-state index in [0.29, 0.717) is 25.2 Å². The molecule has 0 bridgehead atoms. The average Bonchev–Trinajstić information content (AvgIpc) is 3.63. The van der Waals surface area contributed by atoms with Gasteiger partial charge in [0.15, 0.2) is 5.60 Å². The Morgan fingerprint density at radius 2 is 1.82 bits per heavy atom. The maximum atomic E-state index is 16.2. The van der Waals surface area contributed by atoms with Crippen LogP contribution in [0.5, 0.6) is 0 Å². The molecule has 44 heavy (non-hydrogen) atoms. The number of benzene rings is 3. The number of amides is 1. The minimum Gasteiger partial charge on any atom is -0.395 e. The summed E-state index contributed by atoms with van der Waals surface area (Å²) >= 11 is 4.55. The van der Waals surface area contributed by atoms with E-state index in [1.54, 1.807) is 17.8 Å². The standard InChI is InChI=1S/C33H35FI2N4O3Si/c1-21-31(44(2,3)34)30(14-15-39-19-28(37-38-39)26(20-41)23-9-5-4-6-10-23)43-33(21)27-17-25(36)12-13-29(27)40(32(33)42)18-22-8-7-11-24(35)16-22/h4-13,16-17,19,21,26,30-31,41H,14-15,18,20H2,1-3H3/t21-,26?,30+,31-,33+/m0/s1. The van der Waals surface area contributed by atoms with Crippen molar-refractivity contribution in [2.75, 3.05) is 11.5 Å². The molecule has 3 heterocycles. The Balaban J connectivity index is 1.30. The van der Waals surface area contributed by atoms with Crippen molar-refractivity contribution in [3.63, 3.8) is 0 Å². The maximum absolute atomic E-state index is 16.2. The molecule has 1 fully saturated rings. The Hall–Kier alpha value is -2.20. The van der Waals surface area contributed by atoms with E-state index < -0.39 is 25.7 Å². The van der Waals surface area contributed by atoms with Gasteiger partial charge in [0.05, 0.1) is 36.6 Å². The lowest BCUT2D eigenvalue weighted by molar-refractivity contribution is -0.146. The topological polar surface area (TPSA) is 80.5 Å². The predicted molar refractivity (Wildman–Crippen MR) is 188 cm³/mol. The van der Waals surface area contributed by atoms with Gasteiger partial charge in [-0.2, -0.15) is 0 Å². The first-order valence-electron chi connectivity index (χ1n) is 14.8. The van der Waals surface area contributed by atoms with E-state index >= 15 is 4.11 Å². The fourth-order valence-corrected chi connectivity index (χ4v) is 10.8. The maximum Gasteiger partial charge on any atom is 0.264 e. The van der Waals surface area contributed by atoms with Crippen LogP contribution in [0.15, 0.2) is 79.0 Å². The third kappa shape index (κ3) is 5.78. The van der Waals surface area contributed by atoms with Gasteiger partial charge in [0.1, 0.15) is 0 Å². The molecule has 0 radical (unpaired) electrons. The molecule has 2 aliphatic heterocycles. The van der Waals surface area contributed by atoms with Crippen LogP contribution < -0.4 is 4.90 Å². The number of carbonyl (C=O) groups is 1. The number of aliphatic hydroxyl groups excluding tert-OH is 1. The highest BCUT2D eigenvalue weighted by atomic mass is 127. The highest BCUT2D eigenvalue weighted by Gasteiger charge is 2.66. The predicted octanol–water partition coefficient (Wildman–Crippen LogP) is 7.02. The molecule has 2 aliphatic rings. The third-order valence-electron chi connectivity index (χ3n) is 9.09. The lowest BCUT2D eigenvalue weighted by atomic mass is 9.82. The minimum absolute atomic E-state index is 0.0862. The van der Waals surface area contributed by atoms with Crippen LogP contribution >= 0.6 is 45.2 Å². The summed E-state index contributed by atoms with van der Waals surface area (Å²) in [5, 5.41) is 18.8. The van der Waals surface area contributed by atoms with E-state index in [1.165, 1.54) is 0 Å². The second-order valence-electron chi connectivity index (χ2n) is 12.3. The Morgan fingerprint density at radius 3 is 2.52 bits per heavy atom. The van der Waals surface area contributed by atoms with Crippen molar-refractivity contribution in [1.29, 1.82) is 0 Å². The fraction of sp³-hybridized carbons (Fsp3) is 0.364. The van der Waals surface area contributed by atoms with E-state index in [0.717, 1.165) is 29.5 Å². The van der Waals surface area contributed by atoms with Gasteiger partial charge in [0, 0.05) is 36.9 Å². The van der Waals surface area contributed by atoms with Crippen molar-refractivity contribution in [1.82, 2.24) is 15.0 Å². The summed E-state index contributed by atoms with van der Waals surface area (Å²) in [5.74, 6) is -0.758. The van der Waals surface area contributed by atoms with E-state index in [1.807, 2.05) is 84.8 Å². The summed E-state index contributed by atoms with van der Waals surface area (Å²) < 4.78 is 27.0. The Bertz CT molecular complexity index is 1670. The van der Waals surface area contributed by atoms with E-state index in [9.17, 15) is 9.90 Å². The smallest absolute Gasteiger partial charge is 0.264 e. The van der Waals surface area contributed by atoms with Crippen LogP contribution in [0, 0.1) is 13.1 Å². The van der Waals surface area contributed by atoms with E-state index in [-0.39, 0.29) is 24.3 Å². The van der Waals surface area contributed by atoms with Crippen LogP contribution in [0.3, 0.4) is 0 Å². The molecule has 1 aromatic heterocycles. The van der Waals surface area contributed by atoms with Gasteiger partial charge in [-0.05, 0) is 106 Å². The summed E-state index contributed by atoms with van der Waals surface area (Å²) in [6.45, 7) is 6.23. The van der Waals surface area contributed by atoms with Crippen LogP contribution in [0.25, 0.3) is 0 Å². The van der Waals surface area contributed by atoms with Crippen LogP contribution in [0.1, 0.15) is 41.6 Å². The van der Waals surface area contributed by atoms with Gasteiger partial charge >= 0.3 is 0 Å². The molecule has 1 unspecified atom stereocenters. The monoisotopic (exact) mass is 836 g/mol. The molecule has 0 aliphatic carbocycles. The first kappa shape index (κ1) is 31.8. The number of nitrogens with zero attached hydrogens (tertiary/aromatic N) is 4. The van der Waals surface area contributed by atoms with Crippen molar-refractivity contribution in [2.24, 2.45) is 5.92 Å². The first-order valence-corrected chi connectivity index (χ1v) is 19.9. The molecule has 7 nitrogen and oxygen atoms in total. The molecule has 3 aromatic carbocycles. The van der Waals surface area contributed by atoms with Gasteiger partial charge in [-0.3, -0.25) is 9.48 Å². The van der Waals surface area contributed by atoms with Crippen LogP contribution in [0.4, 0.5) is 9.80 Å². The highest BCUT2D eigenvalue weighted by Crippen LogP contribution is 2.60. The second-order valence-corrected chi connectivity index (χ2v) is 18.6. The molecule has 5 atom stereocenters. The van der Waals surface area contributed by atoms with Gasteiger partial charge in [-0.15, -0.1) is 5.10 Å². The zero-order valence-corrected chi connectivity index (χ0v) is 30.1. The molecular weight excluding hydrogens is 801 g/mol. The van der Waals surface area contributed by atoms with Gasteiger partial charge in [-0.1, -0.05) is 54.6 Å². The number of aromatic nitrogens is 3. The summed E-state index contributed by atoms with van der Waals surface area (Å²) in [6.07, 6.45) is 1.86.